The molecule has 0 fully saturated rings. The molecule has 0 spiro atoms. The smallest absolute Gasteiger partial charge is 0.264 e. The van der Waals surface area contributed by atoms with Crippen molar-refractivity contribution < 1.29 is 9.90 Å². The second kappa shape index (κ2) is 4.26. The van der Waals surface area contributed by atoms with Crippen LogP contribution in [0.2, 0.25) is 0 Å². The molecule has 18 heavy (non-hydrogen) atoms. The lowest BCUT2D eigenvalue weighted by molar-refractivity contribution is 0.0923. The average molecular weight is 262 g/mol. The summed E-state index contributed by atoms with van der Waals surface area (Å²) in [6.07, 6.45) is 2.02. The van der Waals surface area contributed by atoms with E-state index in [4.69, 9.17) is 0 Å². The number of carbonyl (C=O) groups excluding carboxylic acids is 1. The van der Waals surface area contributed by atoms with Crippen molar-refractivity contribution in [2.75, 3.05) is 0 Å². The van der Waals surface area contributed by atoms with Gasteiger partial charge in [0.15, 0.2) is 0 Å². The monoisotopic (exact) mass is 262 g/mol. The molecular weight excluding hydrogens is 248 g/mol. The highest BCUT2D eigenvalue weighted by Crippen LogP contribution is 2.31. The molecule has 5 heteroatoms. The van der Waals surface area contributed by atoms with Gasteiger partial charge < -0.3 is 15.0 Å². The van der Waals surface area contributed by atoms with Crippen LogP contribution in [0.1, 0.15) is 34.8 Å². The molecule has 2 aromatic heterocycles. The Balaban J connectivity index is 2.11. The standard InChI is InChI=1S/C13H14N2O2S/c1-8(16)7-9-10-3-2-5-15(10)11-4-6-18-12(11)13(17)14-9/h2-6,8-9,16H,7H2,1H3,(H,14,17). The number of aromatic nitrogens is 1. The zero-order valence-electron chi connectivity index (χ0n) is 9.96. The van der Waals surface area contributed by atoms with Crippen molar-refractivity contribution in [2.24, 2.45) is 0 Å². The molecule has 2 aromatic rings. The Labute approximate surface area is 109 Å². The summed E-state index contributed by atoms with van der Waals surface area (Å²) >= 11 is 1.44. The van der Waals surface area contributed by atoms with Gasteiger partial charge in [0.1, 0.15) is 4.88 Å². The van der Waals surface area contributed by atoms with Gasteiger partial charge in [-0.25, -0.2) is 0 Å². The predicted octanol–water partition coefficient (Wildman–Crippen LogP) is 2.09. The normalized spacial score (nSPS) is 19.7. The largest absolute Gasteiger partial charge is 0.393 e. The fraction of sp³-hybridized carbons (Fsp3) is 0.308. The van der Waals surface area contributed by atoms with Crippen LogP contribution in [0.25, 0.3) is 5.69 Å². The van der Waals surface area contributed by atoms with Gasteiger partial charge in [-0.1, -0.05) is 0 Å². The number of aliphatic hydroxyl groups excluding tert-OH is 1. The van der Waals surface area contributed by atoms with E-state index in [0.717, 1.165) is 16.3 Å². The Morgan fingerprint density at radius 2 is 2.39 bits per heavy atom. The van der Waals surface area contributed by atoms with Gasteiger partial charge in [0.05, 0.1) is 17.8 Å². The zero-order valence-corrected chi connectivity index (χ0v) is 10.8. The first-order chi connectivity index (χ1) is 8.66. The molecule has 1 aliphatic rings. The Hall–Kier alpha value is -1.59. The molecule has 1 aliphatic heterocycles. The average Bonchev–Trinajstić information content (AvgIpc) is 2.94. The van der Waals surface area contributed by atoms with Gasteiger partial charge >= 0.3 is 0 Å². The van der Waals surface area contributed by atoms with Crippen LogP contribution in [0.4, 0.5) is 0 Å². The SMILES string of the molecule is CC(O)CC1NC(=O)c2sccc2-n2cccc21. The van der Waals surface area contributed by atoms with Gasteiger partial charge in [0, 0.05) is 11.9 Å². The minimum Gasteiger partial charge on any atom is -0.393 e. The van der Waals surface area contributed by atoms with Crippen LogP contribution in [0, 0.1) is 0 Å². The summed E-state index contributed by atoms with van der Waals surface area (Å²) in [5.41, 5.74) is 1.94. The fourth-order valence-corrected chi connectivity index (χ4v) is 3.16. The Bertz CT molecular complexity index is 585. The van der Waals surface area contributed by atoms with Gasteiger partial charge in [-0.2, -0.15) is 0 Å². The first kappa shape index (κ1) is 11.5. The maximum Gasteiger partial charge on any atom is 0.264 e. The highest BCUT2D eigenvalue weighted by atomic mass is 32.1. The molecule has 2 unspecified atom stereocenters. The van der Waals surface area contributed by atoms with Crippen LogP contribution < -0.4 is 5.32 Å². The molecule has 3 rings (SSSR count). The number of amides is 1. The van der Waals surface area contributed by atoms with Crippen LogP contribution >= 0.6 is 11.3 Å². The van der Waals surface area contributed by atoms with Crippen LogP contribution in [0.3, 0.4) is 0 Å². The van der Waals surface area contributed by atoms with Gasteiger partial charge in [0.2, 0.25) is 0 Å². The van der Waals surface area contributed by atoms with Crippen LogP contribution in [-0.2, 0) is 0 Å². The zero-order chi connectivity index (χ0) is 12.7. The van der Waals surface area contributed by atoms with E-state index in [-0.39, 0.29) is 11.9 Å². The van der Waals surface area contributed by atoms with Gasteiger partial charge in [0.25, 0.3) is 5.91 Å². The summed E-state index contributed by atoms with van der Waals surface area (Å²) in [7, 11) is 0. The molecule has 94 valence electrons. The van der Waals surface area contributed by atoms with Gasteiger partial charge in [-0.05, 0) is 36.9 Å². The lowest BCUT2D eigenvalue weighted by Gasteiger charge is -2.18. The summed E-state index contributed by atoms with van der Waals surface area (Å²) in [6, 6.07) is 5.75. The van der Waals surface area contributed by atoms with E-state index in [0.29, 0.717) is 6.42 Å². The molecule has 0 bridgehead atoms. The van der Waals surface area contributed by atoms with Crippen LogP contribution in [-0.4, -0.2) is 21.7 Å². The van der Waals surface area contributed by atoms with Crippen molar-refractivity contribution in [1.29, 1.82) is 0 Å². The third-order valence-electron chi connectivity index (χ3n) is 3.13. The number of nitrogens with zero attached hydrogens (tertiary/aromatic N) is 1. The molecule has 4 nitrogen and oxygen atoms in total. The third kappa shape index (κ3) is 1.76. The van der Waals surface area contributed by atoms with E-state index >= 15 is 0 Å². The lowest BCUT2D eigenvalue weighted by Crippen LogP contribution is -2.29. The number of hydrogen-bond donors (Lipinski definition) is 2. The molecule has 0 aliphatic carbocycles. The third-order valence-corrected chi connectivity index (χ3v) is 4.03. The van der Waals surface area contributed by atoms with E-state index in [9.17, 15) is 9.90 Å². The summed E-state index contributed by atoms with van der Waals surface area (Å²) in [6.45, 7) is 1.74. The van der Waals surface area contributed by atoms with Crippen molar-refractivity contribution in [2.45, 2.75) is 25.5 Å². The van der Waals surface area contributed by atoms with Gasteiger partial charge in [-0.3, -0.25) is 4.79 Å². The summed E-state index contributed by atoms with van der Waals surface area (Å²) in [5.74, 6) is -0.0608. The van der Waals surface area contributed by atoms with E-state index in [2.05, 4.69) is 5.32 Å². The minimum atomic E-state index is -0.449. The van der Waals surface area contributed by atoms with Crippen molar-refractivity contribution >= 4 is 17.2 Å². The molecule has 1 amide bonds. The number of rotatable bonds is 2. The topological polar surface area (TPSA) is 54.3 Å². The van der Waals surface area contributed by atoms with Crippen LogP contribution in [0.5, 0.6) is 0 Å². The molecule has 3 heterocycles. The maximum absolute atomic E-state index is 12.1. The molecule has 2 atom stereocenters. The predicted molar refractivity (Wildman–Crippen MR) is 70.2 cm³/mol. The molecule has 0 radical (unpaired) electrons. The first-order valence-electron chi connectivity index (χ1n) is 5.91. The Kier molecular flexibility index (Phi) is 2.72. The lowest BCUT2D eigenvalue weighted by atomic mass is 10.1. The highest BCUT2D eigenvalue weighted by Gasteiger charge is 2.27. The molecular formula is C13H14N2O2S. The number of hydrogen-bond acceptors (Lipinski definition) is 3. The Morgan fingerprint density at radius 3 is 3.17 bits per heavy atom. The quantitative estimate of drug-likeness (QED) is 0.870. The number of aliphatic hydroxyl groups is 1. The second-order valence-electron chi connectivity index (χ2n) is 4.55. The maximum atomic E-state index is 12.1. The van der Waals surface area contributed by atoms with Crippen LogP contribution in [0.15, 0.2) is 29.8 Å². The Morgan fingerprint density at radius 1 is 1.56 bits per heavy atom. The number of thiophene rings is 1. The van der Waals surface area contributed by atoms with E-state index in [1.54, 1.807) is 6.92 Å². The summed E-state index contributed by atoms with van der Waals surface area (Å²) in [5, 5.41) is 14.5. The van der Waals surface area contributed by atoms with Crippen molar-refractivity contribution in [3.63, 3.8) is 0 Å². The molecule has 2 N–H and O–H groups in total. The molecule has 0 saturated heterocycles. The minimum absolute atomic E-state index is 0.0608. The van der Waals surface area contributed by atoms with E-state index in [1.807, 2.05) is 34.3 Å². The summed E-state index contributed by atoms with van der Waals surface area (Å²) in [4.78, 5) is 12.9. The number of carbonyl (C=O) groups is 1. The van der Waals surface area contributed by atoms with Crippen molar-refractivity contribution in [1.82, 2.24) is 9.88 Å². The number of nitrogens with one attached hydrogen (secondary N) is 1. The first-order valence-corrected chi connectivity index (χ1v) is 6.79. The van der Waals surface area contributed by atoms with Gasteiger partial charge in [-0.15, -0.1) is 11.3 Å². The van der Waals surface area contributed by atoms with E-state index in [1.165, 1.54) is 11.3 Å². The fourth-order valence-electron chi connectivity index (χ4n) is 2.38. The number of fused-ring (bicyclic) bond motifs is 3. The van der Waals surface area contributed by atoms with Crippen molar-refractivity contribution in [3.05, 3.63) is 40.3 Å². The second-order valence-corrected chi connectivity index (χ2v) is 5.46. The van der Waals surface area contributed by atoms with Crippen molar-refractivity contribution in [3.8, 4) is 5.69 Å². The highest BCUT2D eigenvalue weighted by molar-refractivity contribution is 7.12. The molecule has 0 aromatic carbocycles. The summed E-state index contributed by atoms with van der Waals surface area (Å²) < 4.78 is 2.02. The molecule has 0 saturated carbocycles. The van der Waals surface area contributed by atoms with E-state index < -0.39 is 6.10 Å².